The van der Waals surface area contributed by atoms with Crippen LogP contribution in [0.15, 0.2) is 54.6 Å². The normalized spacial score (nSPS) is 10.5. The lowest BCUT2D eigenvalue weighted by atomic mass is 10.0. The van der Waals surface area contributed by atoms with E-state index in [-0.39, 0.29) is 0 Å². The van der Waals surface area contributed by atoms with E-state index < -0.39 is 0 Å². The van der Waals surface area contributed by atoms with E-state index in [2.05, 4.69) is 61.5 Å². The van der Waals surface area contributed by atoms with Crippen molar-refractivity contribution in [3.8, 4) is 0 Å². The highest BCUT2D eigenvalue weighted by molar-refractivity contribution is 5.24. The van der Waals surface area contributed by atoms with E-state index >= 15 is 0 Å². The fourth-order valence-electron chi connectivity index (χ4n) is 2.19. The molecule has 0 aliphatic carbocycles. The van der Waals surface area contributed by atoms with Crippen LogP contribution in [0.5, 0.6) is 0 Å². The van der Waals surface area contributed by atoms with Crippen LogP contribution in [0, 0.1) is 0 Å². The SMILES string of the molecule is CCCCc1ccc(CCc2ccccc2)cc1. The van der Waals surface area contributed by atoms with Crippen LogP contribution in [0.25, 0.3) is 0 Å². The van der Waals surface area contributed by atoms with Crippen molar-refractivity contribution in [1.29, 1.82) is 0 Å². The average molecular weight is 238 g/mol. The standard InChI is InChI=1S/C18H22/c1-2-3-7-17-11-14-18(15-12-17)13-10-16-8-5-4-6-9-16/h4-6,8-9,11-12,14-15H,2-3,7,10,13H2,1H3. The summed E-state index contributed by atoms with van der Waals surface area (Å²) in [6, 6.07) is 19.9. The summed E-state index contributed by atoms with van der Waals surface area (Å²) in [5, 5.41) is 0. The van der Waals surface area contributed by atoms with Gasteiger partial charge in [0.1, 0.15) is 0 Å². The summed E-state index contributed by atoms with van der Waals surface area (Å²) in [5.41, 5.74) is 4.34. The Morgan fingerprint density at radius 1 is 0.611 bits per heavy atom. The Labute approximate surface area is 111 Å². The molecule has 0 aromatic heterocycles. The Kier molecular flexibility index (Phi) is 5.01. The molecule has 0 spiro atoms. The van der Waals surface area contributed by atoms with Gasteiger partial charge in [-0.1, -0.05) is 67.9 Å². The van der Waals surface area contributed by atoms with Gasteiger partial charge in [-0.3, -0.25) is 0 Å². The van der Waals surface area contributed by atoms with E-state index in [4.69, 9.17) is 0 Å². The maximum absolute atomic E-state index is 2.29. The number of unbranched alkanes of at least 4 members (excludes halogenated alkanes) is 1. The quantitative estimate of drug-likeness (QED) is 0.677. The zero-order valence-electron chi connectivity index (χ0n) is 11.2. The summed E-state index contributed by atoms with van der Waals surface area (Å²) in [6.07, 6.45) is 6.06. The minimum atomic E-state index is 1.13. The maximum Gasteiger partial charge on any atom is -0.0238 e. The van der Waals surface area contributed by atoms with Crippen LogP contribution in [0.3, 0.4) is 0 Å². The summed E-state index contributed by atoms with van der Waals surface area (Å²) in [5.74, 6) is 0. The molecule has 0 aliphatic heterocycles. The predicted octanol–water partition coefficient (Wildman–Crippen LogP) is 4.81. The molecule has 0 N–H and O–H groups in total. The van der Waals surface area contributed by atoms with Crippen LogP contribution in [0.1, 0.15) is 36.5 Å². The molecular formula is C18H22. The van der Waals surface area contributed by atoms with Crippen molar-refractivity contribution in [2.45, 2.75) is 39.0 Å². The highest BCUT2D eigenvalue weighted by Crippen LogP contribution is 2.11. The zero-order chi connectivity index (χ0) is 12.6. The van der Waals surface area contributed by atoms with Crippen molar-refractivity contribution in [3.63, 3.8) is 0 Å². The van der Waals surface area contributed by atoms with Crippen LogP contribution < -0.4 is 0 Å². The van der Waals surface area contributed by atoms with Gasteiger partial charge in [-0.25, -0.2) is 0 Å². The summed E-state index contributed by atoms with van der Waals surface area (Å²) in [7, 11) is 0. The van der Waals surface area contributed by atoms with Gasteiger partial charge in [-0.2, -0.15) is 0 Å². The predicted molar refractivity (Wildman–Crippen MR) is 78.9 cm³/mol. The van der Waals surface area contributed by atoms with Crippen molar-refractivity contribution in [1.82, 2.24) is 0 Å². The Bertz CT molecular complexity index is 439. The number of rotatable bonds is 6. The molecule has 0 amide bonds. The van der Waals surface area contributed by atoms with Gasteiger partial charge < -0.3 is 0 Å². The Morgan fingerprint density at radius 3 is 1.67 bits per heavy atom. The third kappa shape index (κ3) is 4.03. The summed E-state index contributed by atoms with van der Waals surface area (Å²) >= 11 is 0. The molecule has 0 heteroatoms. The molecule has 0 radical (unpaired) electrons. The third-order valence-electron chi connectivity index (χ3n) is 3.39. The molecular weight excluding hydrogens is 216 g/mol. The fourth-order valence-corrected chi connectivity index (χ4v) is 2.19. The van der Waals surface area contributed by atoms with Crippen molar-refractivity contribution in [2.24, 2.45) is 0 Å². The minimum absolute atomic E-state index is 1.13. The van der Waals surface area contributed by atoms with Crippen LogP contribution in [-0.4, -0.2) is 0 Å². The first-order valence-electron chi connectivity index (χ1n) is 7.00. The maximum atomic E-state index is 2.29. The minimum Gasteiger partial charge on any atom is -0.0654 e. The second kappa shape index (κ2) is 7.00. The lowest BCUT2D eigenvalue weighted by Crippen LogP contribution is -1.92. The van der Waals surface area contributed by atoms with Crippen LogP contribution in [0.2, 0.25) is 0 Å². The van der Waals surface area contributed by atoms with Gasteiger partial charge in [-0.15, -0.1) is 0 Å². The van der Waals surface area contributed by atoms with E-state index in [1.807, 2.05) is 0 Å². The van der Waals surface area contributed by atoms with Crippen LogP contribution in [-0.2, 0) is 19.3 Å². The Balaban J connectivity index is 1.86. The topological polar surface area (TPSA) is 0 Å². The summed E-state index contributed by atoms with van der Waals surface area (Å²) < 4.78 is 0. The van der Waals surface area contributed by atoms with E-state index in [0.717, 1.165) is 12.8 Å². The van der Waals surface area contributed by atoms with Gasteiger partial charge in [0, 0.05) is 0 Å². The first-order chi connectivity index (χ1) is 8.88. The van der Waals surface area contributed by atoms with Crippen molar-refractivity contribution >= 4 is 0 Å². The second-order valence-electron chi connectivity index (χ2n) is 4.91. The third-order valence-corrected chi connectivity index (χ3v) is 3.39. The zero-order valence-corrected chi connectivity index (χ0v) is 11.2. The molecule has 0 saturated carbocycles. The molecule has 0 aliphatic rings. The van der Waals surface area contributed by atoms with Gasteiger partial charge in [0.2, 0.25) is 0 Å². The molecule has 0 heterocycles. The molecule has 0 bridgehead atoms. The Hall–Kier alpha value is -1.56. The van der Waals surface area contributed by atoms with Crippen molar-refractivity contribution in [2.75, 3.05) is 0 Å². The molecule has 0 fully saturated rings. The first-order valence-corrected chi connectivity index (χ1v) is 7.00. The number of aryl methyl sites for hydroxylation is 3. The van der Waals surface area contributed by atoms with Gasteiger partial charge in [-0.05, 0) is 42.4 Å². The molecule has 0 nitrogen and oxygen atoms in total. The van der Waals surface area contributed by atoms with Crippen molar-refractivity contribution < 1.29 is 0 Å². The number of hydrogen-bond donors (Lipinski definition) is 0. The van der Waals surface area contributed by atoms with Crippen molar-refractivity contribution in [3.05, 3.63) is 71.3 Å². The monoisotopic (exact) mass is 238 g/mol. The average Bonchev–Trinajstić information content (AvgIpc) is 2.45. The van der Waals surface area contributed by atoms with E-state index in [0.29, 0.717) is 0 Å². The largest absolute Gasteiger partial charge is 0.0654 e. The van der Waals surface area contributed by atoms with E-state index in [1.165, 1.54) is 36.0 Å². The molecule has 2 rings (SSSR count). The Morgan fingerprint density at radius 2 is 1.11 bits per heavy atom. The van der Waals surface area contributed by atoms with Gasteiger partial charge in [0.15, 0.2) is 0 Å². The summed E-state index contributed by atoms with van der Waals surface area (Å²) in [6.45, 7) is 2.24. The highest BCUT2D eigenvalue weighted by Gasteiger charge is 1.96. The smallest absolute Gasteiger partial charge is 0.0238 e. The summed E-state index contributed by atoms with van der Waals surface area (Å²) in [4.78, 5) is 0. The second-order valence-corrected chi connectivity index (χ2v) is 4.91. The molecule has 0 saturated heterocycles. The van der Waals surface area contributed by atoms with Gasteiger partial charge in [0.25, 0.3) is 0 Å². The lowest BCUT2D eigenvalue weighted by molar-refractivity contribution is 0.794. The molecule has 0 atom stereocenters. The fraction of sp³-hybridized carbons (Fsp3) is 0.333. The molecule has 2 aromatic carbocycles. The van der Waals surface area contributed by atoms with E-state index in [9.17, 15) is 0 Å². The molecule has 94 valence electrons. The highest BCUT2D eigenvalue weighted by atomic mass is 14.0. The van der Waals surface area contributed by atoms with Crippen LogP contribution in [0.4, 0.5) is 0 Å². The van der Waals surface area contributed by atoms with Crippen LogP contribution >= 0.6 is 0 Å². The van der Waals surface area contributed by atoms with Gasteiger partial charge >= 0.3 is 0 Å². The first kappa shape index (κ1) is 12.9. The molecule has 0 unspecified atom stereocenters. The number of benzene rings is 2. The number of hydrogen-bond acceptors (Lipinski definition) is 0. The molecule has 18 heavy (non-hydrogen) atoms. The van der Waals surface area contributed by atoms with E-state index in [1.54, 1.807) is 0 Å². The lowest BCUT2D eigenvalue weighted by Gasteiger charge is -2.04. The van der Waals surface area contributed by atoms with Gasteiger partial charge in [0.05, 0.1) is 0 Å². The molecule has 2 aromatic rings.